The lowest BCUT2D eigenvalue weighted by atomic mass is 10.3. The number of carbonyl (C=O) groups is 2. The zero-order chi connectivity index (χ0) is 21.8. The van der Waals surface area contributed by atoms with Crippen molar-refractivity contribution in [3.8, 4) is 5.69 Å². The lowest BCUT2D eigenvalue weighted by molar-refractivity contribution is -0.129. The first-order chi connectivity index (χ1) is 15.1. The van der Waals surface area contributed by atoms with Crippen molar-refractivity contribution in [3.05, 3.63) is 41.8 Å². The Hall–Kier alpha value is -2.85. The van der Waals surface area contributed by atoms with Gasteiger partial charge in [-0.3, -0.25) is 4.79 Å². The quantitative estimate of drug-likeness (QED) is 0.427. The van der Waals surface area contributed by atoms with Gasteiger partial charge in [-0.05, 0) is 25.1 Å². The molecule has 2 amide bonds. The number of amides is 2. The molecule has 1 aliphatic rings. The van der Waals surface area contributed by atoms with Crippen LogP contribution in [-0.2, 0) is 9.53 Å². The van der Waals surface area contributed by atoms with E-state index in [-0.39, 0.29) is 17.8 Å². The number of thioether (sulfide) groups is 1. The maximum atomic E-state index is 12.7. The Morgan fingerprint density at radius 3 is 2.68 bits per heavy atom. The summed E-state index contributed by atoms with van der Waals surface area (Å²) in [6.45, 7) is 4.04. The molecule has 162 valence electrons. The summed E-state index contributed by atoms with van der Waals surface area (Å²) in [5.74, 6) is 0.246. The summed E-state index contributed by atoms with van der Waals surface area (Å²) in [4.78, 5) is 36.5. The lowest BCUT2D eigenvalue weighted by Crippen LogP contribution is -2.51. The van der Waals surface area contributed by atoms with E-state index >= 15 is 0 Å². The van der Waals surface area contributed by atoms with E-state index in [4.69, 9.17) is 16.3 Å². The van der Waals surface area contributed by atoms with Gasteiger partial charge in [0.15, 0.2) is 5.65 Å². The van der Waals surface area contributed by atoms with Crippen molar-refractivity contribution in [2.75, 3.05) is 38.5 Å². The van der Waals surface area contributed by atoms with Crippen molar-refractivity contribution < 1.29 is 14.3 Å². The third-order valence-electron chi connectivity index (χ3n) is 4.87. The normalized spacial score (nSPS) is 14.1. The van der Waals surface area contributed by atoms with Gasteiger partial charge in [-0.2, -0.15) is 5.10 Å². The number of benzene rings is 1. The van der Waals surface area contributed by atoms with Gasteiger partial charge in [0.2, 0.25) is 5.91 Å². The van der Waals surface area contributed by atoms with Crippen LogP contribution in [0.25, 0.3) is 16.7 Å². The van der Waals surface area contributed by atoms with Crippen LogP contribution in [0.4, 0.5) is 4.79 Å². The second kappa shape index (κ2) is 9.52. The molecule has 0 N–H and O–H groups in total. The number of fused-ring (bicyclic) bond motifs is 1. The second-order valence-electron chi connectivity index (χ2n) is 6.81. The highest BCUT2D eigenvalue weighted by Crippen LogP contribution is 2.26. The Kier molecular flexibility index (Phi) is 6.57. The molecule has 0 bridgehead atoms. The minimum absolute atomic E-state index is 0.00232. The summed E-state index contributed by atoms with van der Waals surface area (Å²) >= 11 is 7.45. The second-order valence-corrected chi connectivity index (χ2v) is 8.21. The van der Waals surface area contributed by atoms with E-state index in [0.29, 0.717) is 48.5 Å². The lowest BCUT2D eigenvalue weighted by Gasteiger charge is -2.34. The van der Waals surface area contributed by atoms with E-state index in [0.717, 1.165) is 11.1 Å². The van der Waals surface area contributed by atoms with Crippen molar-refractivity contribution in [1.82, 2.24) is 29.5 Å². The van der Waals surface area contributed by atoms with Gasteiger partial charge in [0.1, 0.15) is 11.4 Å². The molecule has 1 aliphatic heterocycles. The van der Waals surface area contributed by atoms with Gasteiger partial charge in [-0.25, -0.2) is 19.4 Å². The topological polar surface area (TPSA) is 93.4 Å². The first kappa shape index (κ1) is 21.4. The molecule has 2 aromatic heterocycles. The summed E-state index contributed by atoms with van der Waals surface area (Å²) in [5.41, 5.74) is 1.45. The molecule has 1 fully saturated rings. The van der Waals surface area contributed by atoms with Crippen LogP contribution in [0.5, 0.6) is 0 Å². The highest BCUT2D eigenvalue weighted by atomic mass is 35.5. The van der Waals surface area contributed by atoms with Crippen LogP contribution in [0.3, 0.4) is 0 Å². The Morgan fingerprint density at radius 1 is 1.16 bits per heavy atom. The molecule has 11 heteroatoms. The summed E-state index contributed by atoms with van der Waals surface area (Å²) in [6.07, 6.45) is 2.83. The van der Waals surface area contributed by atoms with Crippen LogP contribution in [0, 0.1) is 0 Å². The van der Waals surface area contributed by atoms with E-state index < -0.39 is 0 Å². The number of ether oxygens (including phenoxy) is 1. The molecular formula is C20H21ClN6O3S. The third-order valence-corrected chi connectivity index (χ3v) is 6.10. The van der Waals surface area contributed by atoms with Gasteiger partial charge >= 0.3 is 6.09 Å². The Balaban J connectivity index is 1.41. The number of halogens is 1. The smallest absolute Gasteiger partial charge is 0.409 e. The van der Waals surface area contributed by atoms with E-state index in [1.807, 2.05) is 18.2 Å². The molecule has 0 atom stereocenters. The van der Waals surface area contributed by atoms with E-state index in [2.05, 4.69) is 15.1 Å². The molecule has 9 nitrogen and oxygen atoms in total. The van der Waals surface area contributed by atoms with Crippen LogP contribution < -0.4 is 0 Å². The van der Waals surface area contributed by atoms with Gasteiger partial charge in [0.05, 0.1) is 29.6 Å². The zero-order valence-corrected chi connectivity index (χ0v) is 18.5. The molecular weight excluding hydrogens is 440 g/mol. The Bertz CT molecular complexity index is 1100. The molecule has 3 aromatic rings. The van der Waals surface area contributed by atoms with Crippen LogP contribution in [0.2, 0.25) is 5.02 Å². The van der Waals surface area contributed by atoms with Crippen molar-refractivity contribution in [2.24, 2.45) is 0 Å². The predicted octanol–water partition coefficient (Wildman–Crippen LogP) is 2.86. The largest absolute Gasteiger partial charge is 0.450 e. The van der Waals surface area contributed by atoms with E-state index in [1.54, 1.807) is 33.7 Å². The highest BCUT2D eigenvalue weighted by molar-refractivity contribution is 8.00. The number of aromatic nitrogens is 4. The molecule has 0 aliphatic carbocycles. The standard InChI is InChI=1S/C20H21ClN6O3S/c1-2-30-20(29)26-8-6-25(7-9-26)17(28)12-31-19-16-11-24-27(18(16)22-13-23-19)15-5-3-4-14(21)10-15/h3-5,10-11,13H,2,6-9,12H2,1H3. The maximum Gasteiger partial charge on any atom is 0.409 e. The number of nitrogens with zero attached hydrogens (tertiary/aromatic N) is 6. The molecule has 1 aromatic carbocycles. The van der Waals surface area contributed by atoms with Gasteiger partial charge in [-0.1, -0.05) is 29.4 Å². The van der Waals surface area contributed by atoms with Gasteiger partial charge in [0.25, 0.3) is 0 Å². The zero-order valence-electron chi connectivity index (χ0n) is 16.9. The van der Waals surface area contributed by atoms with E-state index in [1.165, 1.54) is 18.1 Å². The minimum Gasteiger partial charge on any atom is -0.450 e. The van der Waals surface area contributed by atoms with Crippen LogP contribution >= 0.6 is 23.4 Å². The predicted molar refractivity (Wildman–Crippen MR) is 118 cm³/mol. The van der Waals surface area contributed by atoms with Gasteiger partial charge in [-0.15, -0.1) is 0 Å². The average Bonchev–Trinajstić information content (AvgIpc) is 3.22. The maximum absolute atomic E-state index is 12.7. The van der Waals surface area contributed by atoms with Gasteiger partial charge < -0.3 is 14.5 Å². The number of piperazine rings is 1. The third kappa shape index (κ3) is 4.75. The molecule has 3 heterocycles. The minimum atomic E-state index is -0.330. The summed E-state index contributed by atoms with van der Waals surface area (Å²) in [7, 11) is 0. The number of hydrogen-bond donors (Lipinski definition) is 0. The van der Waals surface area contributed by atoms with Crippen molar-refractivity contribution in [1.29, 1.82) is 0 Å². The fourth-order valence-corrected chi connectivity index (χ4v) is 4.36. The van der Waals surface area contributed by atoms with Crippen molar-refractivity contribution >= 4 is 46.4 Å². The first-order valence-electron chi connectivity index (χ1n) is 9.83. The van der Waals surface area contributed by atoms with E-state index in [9.17, 15) is 9.59 Å². The van der Waals surface area contributed by atoms with Crippen molar-refractivity contribution in [2.45, 2.75) is 11.9 Å². The average molecular weight is 461 g/mol. The fraction of sp³-hybridized carbons (Fsp3) is 0.350. The molecule has 0 radical (unpaired) electrons. The SMILES string of the molecule is CCOC(=O)N1CCN(C(=O)CSc2ncnc3c2cnn3-c2cccc(Cl)c2)CC1. The molecule has 1 saturated heterocycles. The van der Waals surface area contributed by atoms with Crippen molar-refractivity contribution in [3.63, 3.8) is 0 Å². The summed E-state index contributed by atoms with van der Waals surface area (Å²) in [5, 5.41) is 6.49. The molecule has 0 unspecified atom stereocenters. The molecule has 0 spiro atoms. The molecule has 0 saturated carbocycles. The fourth-order valence-electron chi connectivity index (χ4n) is 3.31. The van der Waals surface area contributed by atoms with Crippen LogP contribution in [-0.4, -0.2) is 80.1 Å². The number of rotatable bonds is 5. The molecule has 4 rings (SSSR count). The highest BCUT2D eigenvalue weighted by Gasteiger charge is 2.25. The number of hydrogen-bond acceptors (Lipinski definition) is 7. The Labute approximate surface area is 188 Å². The summed E-state index contributed by atoms with van der Waals surface area (Å²) < 4.78 is 6.71. The molecule has 31 heavy (non-hydrogen) atoms. The van der Waals surface area contributed by atoms with Crippen LogP contribution in [0.15, 0.2) is 41.8 Å². The summed E-state index contributed by atoms with van der Waals surface area (Å²) in [6, 6.07) is 7.35. The Morgan fingerprint density at radius 2 is 1.94 bits per heavy atom. The van der Waals surface area contributed by atoms with Crippen LogP contribution in [0.1, 0.15) is 6.92 Å². The number of carbonyl (C=O) groups excluding carboxylic acids is 2. The monoisotopic (exact) mass is 460 g/mol. The first-order valence-corrected chi connectivity index (χ1v) is 11.2. The van der Waals surface area contributed by atoms with Gasteiger partial charge in [0, 0.05) is 31.2 Å².